The van der Waals surface area contributed by atoms with Crippen molar-refractivity contribution in [1.82, 2.24) is 9.97 Å². The Morgan fingerprint density at radius 3 is 2.13 bits per heavy atom. The zero-order valence-electron chi connectivity index (χ0n) is 16.6. The quantitative estimate of drug-likeness (QED) is 0.293. The second kappa shape index (κ2) is 7.77. The first-order valence-electron chi connectivity index (χ1n) is 9.31. The molecule has 0 aliphatic rings. The Morgan fingerprint density at radius 1 is 0.900 bits per heavy atom. The summed E-state index contributed by atoms with van der Waals surface area (Å²) in [6.07, 6.45) is 0. The molecule has 1 aromatic heterocycles. The van der Waals surface area contributed by atoms with E-state index in [9.17, 15) is 8.42 Å². The number of sulfonamides is 1. The number of hydrazine groups is 1. The van der Waals surface area contributed by atoms with E-state index >= 15 is 0 Å². The molecule has 0 spiro atoms. The fourth-order valence-corrected chi connectivity index (χ4v) is 3.96. The van der Waals surface area contributed by atoms with Gasteiger partial charge in [-0.15, -0.1) is 0 Å². The smallest absolute Gasteiger partial charge is 0.260 e. The number of fused-ring (bicyclic) bond motifs is 1. The summed E-state index contributed by atoms with van der Waals surface area (Å²) < 4.78 is 28.5. The van der Waals surface area contributed by atoms with E-state index < -0.39 is 10.0 Å². The summed E-state index contributed by atoms with van der Waals surface area (Å²) in [7, 11) is -1.98. The molecule has 0 aliphatic heterocycles. The molecule has 0 aliphatic carbocycles. The molecule has 0 saturated heterocycles. The number of rotatable bonds is 5. The van der Waals surface area contributed by atoms with Gasteiger partial charge < -0.3 is 0 Å². The summed E-state index contributed by atoms with van der Waals surface area (Å²) in [6, 6.07) is 21.3. The zero-order chi connectivity index (χ0) is 21.3. The van der Waals surface area contributed by atoms with E-state index in [1.807, 2.05) is 51.2 Å². The minimum atomic E-state index is -3.88. The number of nitrogens with zero attached hydrogens (tertiary/aromatic N) is 3. The fourth-order valence-electron chi connectivity index (χ4n) is 2.96. The van der Waals surface area contributed by atoms with Crippen molar-refractivity contribution in [3.05, 3.63) is 78.4 Å². The van der Waals surface area contributed by atoms with Crippen LogP contribution in [0.15, 0.2) is 77.7 Å². The van der Waals surface area contributed by atoms with Gasteiger partial charge in [-0.3, -0.25) is 9.73 Å². The maximum atomic E-state index is 13.0. The predicted octanol–water partition coefficient (Wildman–Crippen LogP) is 2.01. The van der Waals surface area contributed by atoms with Crippen LogP contribution in [-0.4, -0.2) is 26.2 Å². The van der Waals surface area contributed by atoms with E-state index in [1.165, 1.54) is 5.01 Å². The number of hydrogen-bond acceptors (Lipinski definition) is 6. The average molecular weight is 417 g/mol. The first-order valence-corrected chi connectivity index (χ1v) is 10.8. The summed E-state index contributed by atoms with van der Waals surface area (Å²) in [6.45, 7) is 1.97. The lowest BCUT2D eigenvalue weighted by Crippen LogP contribution is -2.28. The molecule has 1 heterocycles. The molecule has 9 heteroatoms. The number of para-hydroxylation sites is 2. The Balaban J connectivity index is 1.82. The van der Waals surface area contributed by atoms with Gasteiger partial charge in [-0.25, -0.2) is 24.2 Å². The lowest BCUT2D eigenvalue weighted by Gasteiger charge is -2.21. The molecule has 0 unspecified atom stereocenters. The van der Waals surface area contributed by atoms with Crippen molar-refractivity contribution >= 4 is 51.7 Å². The van der Waals surface area contributed by atoms with Gasteiger partial charge in [-0.1, -0.05) is 47.4 Å². The van der Waals surface area contributed by atoms with Crippen LogP contribution in [0.25, 0.3) is 11.0 Å². The van der Waals surface area contributed by atoms with Crippen LogP contribution in [0.5, 0.6) is 0 Å². The van der Waals surface area contributed by atoms with Crippen LogP contribution in [0, 0.1) is 6.92 Å². The van der Waals surface area contributed by atoms with Gasteiger partial charge in [-0.2, -0.15) is 0 Å². The summed E-state index contributed by atoms with van der Waals surface area (Å²) in [5, 5.41) is 1.33. The van der Waals surface area contributed by atoms with E-state index in [4.69, 9.17) is 5.84 Å². The zero-order valence-corrected chi connectivity index (χ0v) is 17.4. The van der Waals surface area contributed by atoms with Crippen LogP contribution < -0.4 is 21.0 Å². The van der Waals surface area contributed by atoms with Crippen LogP contribution in [0.4, 0.5) is 17.3 Å². The summed E-state index contributed by atoms with van der Waals surface area (Å²) in [5.41, 5.74) is 3.86. The number of aromatic nitrogens is 2. The molecule has 3 N–H and O–H groups in total. The Hall–Kier alpha value is -3.43. The van der Waals surface area contributed by atoms with Crippen molar-refractivity contribution in [3.63, 3.8) is 0 Å². The Morgan fingerprint density at radius 2 is 1.50 bits per heavy atom. The Kier molecular flexibility index (Phi) is 5.15. The van der Waals surface area contributed by atoms with Gasteiger partial charge in [0.2, 0.25) is 0 Å². The van der Waals surface area contributed by atoms with Crippen molar-refractivity contribution in [1.29, 1.82) is 0 Å². The molecule has 0 radical (unpaired) electrons. The molecule has 150 valence electrons. The third kappa shape index (κ3) is 3.98. The largest absolute Gasteiger partial charge is 0.263 e. The highest BCUT2D eigenvalue weighted by molar-refractivity contribution is 7.92. The number of aryl methyl sites for hydroxylation is 1. The Bertz CT molecular complexity index is 1310. The molecule has 4 rings (SSSR count). The Labute approximate surface area is 176 Å². The molecule has 0 atom stereocenters. The maximum absolute atomic E-state index is 13.0. The molecule has 0 fully saturated rings. The van der Waals surface area contributed by atoms with Crippen LogP contribution in [0.1, 0.15) is 5.56 Å². The third-order valence-electron chi connectivity index (χ3n) is 4.65. The van der Waals surface area contributed by atoms with Crippen molar-refractivity contribution < 1.29 is 8.42 Å². The normalized spacial score (nSPS) is 11.4. The molecule has 7 nitrogen and oxygen atoms in total. The number of hydrogen-bond donors (Lipinski definition) is 2. The average Bonchev–Trinajstić information content (AvgIpc) is 2.73. The van der Waals surface area contributed by atoms with Gasteiger partial charge in [-0.05, 0) is 43.3 Å². The van der Waals surface area contributed by atoms with Crippen LogP contribution >= 0.6 is 0 Å². The van der Waals surface area contributed by atoms with E-state index in [1.54, 1.807) is 36.4 Å². The number of nitrogens with one attached hydrogen (secondary N) is 1. The second-order valence-electron chi connectivity index (χ2n) is 7.01. The summed E-state index contributed by atoms with van der Waals surface area (Å²) in [5.74, 6) is 6.59. The van der Waals surface area contributed by atoms with Gasteiger partial charge in [0.1, 0.15) is 7.85 Å². The molecule has 30 heavy (non-hydrogen) atoms. The minimum absolute atomic E-state index is 0.0531. The number of anilines is 3. The van der Waals surface area contributed by atoms with Crippen LogP contribution in [-0.2, 0) is 10.0 Å². The molecular formula is C21H20BN5O2S. The van der Waals surface area contributed by atoms with E-state index in [2.05, 4.69) is 14.7 Å². The van der Waals surface area contributed by atoms with E-state index in [0.29, 0.717) is 16.7 Å². The topological polar surface area (TPSA) is 101 Å². The minimum Gasteiger partial charge on any atom is -0.260 e. The van der Waals surface area contributed by atoms with Crippen molar-refractivity contribution in [2.45, 2.75) is 11.8 Å². The van der Waals surface area contributed by atoms with Crippen LogP contribution in [0.3, 0.4) is 0 Å². The van der Waals surface area contributed by atoms with Gasteiger partial charge >= 0.3 is 0 Å². The monoisotopic (exact) mass is 417 g/mol. The summed E-state index contributed by atoms with van der Waals surface area (Å²) in [4.78, 5) is 9.20. The first kappa shape index (κ1) is 19.9. The SMILES string of the molecule is Bc1ccc(S(=O)(=O)Nc2nc3ccccc3nc2N(N)c2ccc(C)cc2)cc1. The molecule has 0 saturated carbocycles. The van der Waals surface area contributed by atoms with Gasteiger partial charge in [0.25, 0.3) is 10.0 Å². The highest BCUT2D eigenvalue weighted by atomic mass is 32.2. The van der Waals surface area contributed by atoms with Crippen molar-refractivity contribution in [3.8, 4) is 0 Å². The molecular weight excluding hydrogens is 397 g/mol. The van der Waals surface area contributed by atoms with Crippen LogP contribution in [0.2, 0.25) is 0 Å². The van der Waals surface area contributed by atoms with Crippen molar-refractivity contribution in [2.75, 3.05) is 9.73 Å². The van der Waals surface area contributed by atoms with E-state index in [0.717, 1.165) is 11.0 Å². The van der Waals surface area contributed by atoms with Gasteiger partial charge in [0.05, 0.1) is 21.6 Å². The third-order valence-corrected chi connectivity index (χ3v) is 6.01. The van der Waals surface area contributed by atoms with Gasteiger partial charge in [0.15, 0.2) is 11.6 Å². The first-order chi connectivity index (χ1) is 14.3. The second-order valence-corrected chi connectivity index (χ2v) is 8.69. The van der Waals surface area contributed by atoms with Gasteiger partial charge in [0, 0.05) is 0 Å². The molecule has 0 bridgehead atoms. The predicted molar refractivity (Wildman–Crippen MR) is 122 cm³/mol. The highest BCUT2D eigenvalue weighted by Gasteiger charge is 2.21. The maximum Gasteiger partial charge on any atom is 0.263 e. The lowest BCUT2D eigenvalue weighted by molar-refractivity contribution is 0.601. The summed E-state index contributed by atoms with van der Waals surface area (Å²) >= 11 is 0. The number of nitrogens with two attached hydrogens (primary N) is 1. The molecule has 4 aromatic rings. The molecule has 3 aromatic carbocycles. The highest BCUT2D eigenvalue weighted by Crippen LogP contribution is 2.30. The number of benzene rings is 3. The molecule has 0 amide bonds. The van der Waals surface area contributed by atoms with E-state index in [-0.39, 0.29) is 16.5 Å². The fraction of sp³-hybridized carbons (Fsp3) is 0.0476. The van der Waals surface area contributed by atoms with Crippen molar-refractivity contribution in [2.24, 2.45) is 5.84 Å². The standard InChI is InChI=1S/C21H20BN5O2S/c1-14-6-10-16(11-7-14)27(23)21-20(24-18-4-2-3-5-19(18)25-21)26-30(28,29)17-12-8-15(22)9-13-17/h2-13H,22-23H2,1H3,(H,24,26). The lowest BCUT2D eigenvalue weighted by atomic mass is 9.97.